The van der Waals surface area contributed by atoms with Crippen molar-refractivity contribution in [1.29, 1.82) is 0 Å². The molecule has 0 spiro atoms. The summed E-state index contributed by atoms with van der Waals surface area (Å²) in [7, 11) is 0. The van der Waals surface area contributed by atoms with Gasteiger partial charge in [0.2, 0.25) is 0 Å². The van der Waals surface area contributed by atoms with Crippen molar-refractivity contribution in [2.45, 2.75) is 18.9 Å². The van der Waals surface area contributed by atoms with Crippen molar-refractivity contribution < 1.29 is 19.4 Å². The summed E-state index contributed by atoms with van der Waals surface area (Å²) in [6.07, 6.45) is 0.721. The quantitative estimate of drug-likeness (QED) is 0.612. The second kappa shape index (κ2) is 4.64. The summed E-state index contributed by atoms with van der Waals surface area (Å²) in [6, 6.07) is -0.699. The largest absolute Gasteiger partial charge is 0.480 e. The number of carbonyl (C=O) groups is 2. The third kappa shape index (κ3) is 2.45. The van der Waals surface area contributed by atoms with Crippen molar-refractivity contribution in [2.75, 3.05) is 11.2 Å². The number of alkyl halides is 1. The summed E-state index contributed by atoms with van der Waals surface area (Å²) < 4.78 is 4.97. The van der Waals surface area contributed by atoms with E-state index in [9.17, 15) is 9.59 Å². The van der Waals surface area contributed by atoms with Gasteiger partial charge in [0.15, 0.2) is 0 Å². The second-order valence-corrected chi connectivity index (χ2v) is 3.33. The van der Waals surface area contributed by atoms with Gasteiger partial charge in [0.05, 0.1) is 0 Å². The summed E-state index contributed by atoms with van der Waals surface area (Å²) in [5.41, 5.74) is 0. The fraction of sp³-hybridized carbons (Fsp3) is 0.714. The van der Waals surface area contributed by atoms with Crippen LogP contribution >= 0.6 is 22.6 Å². The fourth-order valence-corrected chi connectivity index (χ4v) is 1.64. The number of ether oxygens (including phenoxy) is 1. The summed E-state index contributed by atoms with van der Waals surface area (Å²) in [5.74, 6) is -0.956. The highest BCUT2D eigenvalue weighted by Gasteiger charge is 2.34. The number of likely N-dealkylation sites (tertiary alicyclic amines) is 1. The number of halogens is 1. The van der Waals surface area contributed by atoms with E-state index < -0.39 is 18.1 Å². The van der Waals surface area contributed by atoms with Crippen LogP contribution < -0.4 is 0 Å². The van der Waals surface area contributed by atoms with Crippen LogP contribution in [-0.2, 0) is 9.53 Å². The van der Waals surface area contributed by atoms with Gasteiger partial charge >= 0.3 is 12.1 Å². The molecule has 1 aliphatic rings. The van der Waals surface area contributed by atoms with Crippen LogP contribution in [0.15, 0.2) is 0 Å². The van der Waals surface area contributed by atoms with Crippen LogP contribution in [0.1, 0.15) is 12.8 Å². The average Bonchev–Trinajstić information content (AvgIpc) is 2.52. The normalized spacial score (nSPS) is 21.6. The van der Waals surface area contributed by atoms with Gasteiger partial charge in [0.25, 0.3) is 0 Å². The van der Waals surface area contributed by atoms with E-state index in [-0.39, 0.29) is 4.61 Å². The van der Waals surface area contributed by atoms with Crippen LogP contribution in [0, 0.1) is 0 Å². The number of carbonyl (C=O) groups excluding carboxylic acids is 1. The molecule has 1 atom stereocenters. The molecule has 1 saturated heterocycles. The van der Waals surface area contributed by atoms with Crippen LogP contribution in [0.25, 0.3) is 0 Å². The van der Waals surface area contributed by atoms with Gasteiger partial charge in [-0.1, -0.05) is 0 Å². The minimum atomic E-state index is -0.956. The van der Waals surface area contributed by atoms with Crippen LogP contribution in [-0.4, -0.2) is 39.3 Å². The smallest absolute Gasteiger partial charge is 0.411 e. The molecule has 1 unspecified atom stereocenters. The van der Waals surface area contributed by atoms with Gasteiger partial charge in [0.1, 0.15) is 10.7 Å². The molecule has 1 aliphatic heterocycles. The van der Waals surface area contributed by atoms with E-state index in [0.717, 1.165) is 6.42 Å². The highest BCUT2D eigenvalue weighted by molar-refractivity contribution is 14.1. The van der Waals surface area contributed by atoms with Crippen molar-refractivity contribution in [3.63, 3.8) is 0 Å². The number of rotatable bonds is 2. The van der Waals surface area contributed by atoms with Crippen molar-refractivity contribution in [3.8, 4) is 0 Å². The zero-order chi connectivity index (χ0) is 9.84. The van der Waals surface area contributed by atoms with Crippen molar-refractivity contribution in [1.82, 2.24) is 4.90 Å². The van der Waals surface area contributed by atoms with E-state index in [2.05, 4.69) is 0 Å². The Morgan fingerprint density at radius 3 is 2.85 bits per heavy atom. The molecule has 0 aromatic rings. The molecule has 0 bridgehead atoms. The molecule has 5 nitrogen and oxygen atoms in total. The minimum absolute atomic E-state index is 0.249. The Bertz CT molecular complexity index is 221. The van der Waals surface area contributed by atoms with Crippen molar-refractivity contribution in [3.05, 3.63) is 0 Å². The maximum Gasteiger partial charge on any atom is 0.411 e. The predicted molar refractivity (Wildman–Crippen MR) is 52.7 cm³/mol. The first kappa shape index (κ1) is 10.6. The third-order valence-corrected chi connectivity index (χ3v) is 2.26. The lowest BCUT2D eigenvalue weighted by Crippen LogP contribution is -2.40. The van der Waals surface area contributed by atoms with Gasteiger partial charge < -0.3 is 9.84 Å². The Kier molecular flexibility index (Phi) is 3.76. The standard InChI is InChI=1S/C7H10INO4/c8-4-13-7(12)9-3-1-2-5(9)6(10)11/h5H,1-4H2,(H,10,11). The first-order valence-electron chi connectivity index (χ1n) is 3.89. The summed E-state index contributed by atoms with van der Waals surface area (Å²) in [6.45, 7) is 0.479. The zero-order valence-electron chi connectivity index (χ0n) is 6.90. The number of hydrogen-bond acceptors (Lipinski definition) is 3. The molecular formula is C7H10INO4. The topological polar surface area (TPSA) is 66.8 Å². The molecule has 0 aliphatic carbocycles. The van der Waals surface area contributed by atoms with Crippen molar-refractivity contribution >= 4 is 34.7 Å². The Morgan fingerprint density at radius 2 is 2.31 bits per heavy atom. The SMILES string of the molecule is O=C(O)C1CCCN1C(=O)OCI. The Morgan fingerprint density at radius 1 is 1.62 bits per heavy atom. The molecule has 1 N–H and O–H groups in total. The Hall–Kier alpha value is -0.530. The van der Waals surface area contributed by atoms with Gasteiger partial charge in [0, 0.05) is 6.54 Å². The van der Waals surface area contributed by atoms with Crippen LogP contribution in [0.5, 0.6) is 0 Å². The van der Waals surface area contributed by atoms with E-state index in [4.69, 9.17) is 9.84 Å². The molecule has 0 radical (unpaired) electrons. The molecule has 74 valence electrons. The fourth-order valence-electron chi connectivity index (χ4n) is 1.37. The average molecular weight is 299 g/mol. The first-order valence-corrected chi connectivity index (χ1v) is 5.41. The number of aliphatic carboxylic acids is 1. The lowest BCUT2D eigenvalue weighted by Gasteiger charge is -2.19. The van der Waals surface area contributed by atoms with E-state index in [1.807, 2.05) is 22.6 Å². The molecular weight excluding hydrogens is 289 g/mol. The van der Waals surface area contributed by atoms with E-state index >= 15 is 0 Å². The Balaban J connectivity index is 2.57. The lowest BCUT2D eigenvalue weighted by atomic mass is 10.2. The molecule has 1 fully saturated rings. The first-order chi connectivity index (χ1) is 6.16. The maximum atomic E-state index is 11.2. The molecule has 1 heterocycles. The lowest BCUT2D eigenvalue weighted by molar-refractivity contribution is -0.141. The van der Waals surface area contributed by atoms with Crippen LogP contribution in [0.2, 0.25) is 0 Å². The minimum Gasteiger partial charge on any atom is -0.480 e. The maximum absolute atomic E-state index is 11.2. The number of carboxylic acids is 1. The summed E-state index contributed by atoms with van der Waals surface area (Å²) in [4.78, 5) is 23.1. The highest BCUT2D eigenvalue weighted by Crippen LogP contribution is 2.18. The van der Waals surface area contributed by atoms with E-state index in [0.29, 0.717) is 13.0 Å². The van der Waals surface area contributed by atoms with E-state index in [1.54, 1.807) is 0 Å². The molecule has 0 aromatic heterocycles. The van der Waals surface area contributed by atoms with E-state index in [1.165, 1.54) is 4.90 Å². The second-order valence-electron chi connectivity index (χ2n) is 2.71. The van der Waals surface area contributed by atoms with Crippen LogP contribution in [0.3, 0.4) is 0 Å². The van der Waals surface area contributed by atoms with Gasteiger partial charge in [-0.2, -0.15) is 0 Å². The number of nitrogens with zero attached hydrogens (tertiary/aromatic N) is 1. The predicted octanol–water partition coefficient (Wildman–Crippen LogP) is 1.06. The Labute approximate surface area is 89.2 Å². The van der Waals surface area contributed by atoms with Gasteiger partial charge in [-0.05, 0) is 35.4 Å². The molecule has 6 heteroatoms. The highest BCUT2D eigenvalue weighted by atomic mass is 127. The monoisotopic (exact) mass is 299 g/mol. The third-order valence-electron chi connectivity index (χ3n) is 1.95. The zero-order valence-corrected chi connectivity index (χ0v) is 9.06. The van der Waals surface area contributed by atoms with Crippen LogP contribution in [0.4, 0.5) is 4.79 Å². The molecule has 0 saturated carbocycles. The molecule has 1 rings (SSSR count). The number of hydrogen-bond donors (Lipinski definition) is 1. The van der Waals surface area contributed by atoms with Gasteiger partial charge in [-0.15, -0.1) is 0 Å². The van der Waals surface area contributed by atoms with Gasteiger partial charge in [-0.3, -0.25) is 4.90 Å². The summed E-state index contributed by atoms with van der Waals surface area (Å²) in [5, 5.41) is 8.75. The summed E-state index contributed by atoms with van der Waals surface area (Å²) >= 11 is 1.90. The number of amides is 1. The molecule has 1 amide bonds. The molecule has 13 heavy (non-hydrogen) atoms. The van der Waals surface area contributed by atoms with Crippen molar-refractivity contribution in [2.24, 2.45) is 0 Å². The number of carboxylic acid groups (broad SMARTS) is 1. The van der Waals surface area contributed by atoms with Gasteiger partial charge in [-0.25, -0.2) is 9.59 Å². The molecule has 0 aromatic carbocycles.